The molecule has 0 saturated carbocycles. The molecule has 13 heteroatoms. The standard InChI is InChI=1S/C18H18FN5O6S/c19-13-3-11-14(27)12(17(28)29)6-24(18-20-1-2-31-18)15(11)21-16(13)23-4-9(5-23)22-30-8-10(26)7-25/h1-3,6,9-10,22,25-26H,4-5,7-8H2,(H,28,29)/t10-/m0/s1. The molecule has 0 unspecified atom stereocenters. The SMILES string of the molecule is O=C(O)c1cn(-c2nccs2)c2nc(N3CC(NOC[C@@H](O)CO)C3)c(F)cc2c1=O. The topological polar surface area (TPSA) is 150 Å². The van der Waals surface area contributed by atoms with E-state index < -0.39 is 35.5 Å². The number of pyridine rings is 2. The maximum Gasteiger partial charge on any atom is 0.341 e. The van der Waals surface area contributed by atoms with Crippen LogP contribution in [0.5, 0.6) is 0 Å². The molecule has 1 saturated heterocycles. The maximum absolute atomic E-state index is 14.8. The molecule has 1 aliphatic rings. The lowest BCUT2D eigenvalue weighted by molar-refractivity contribution is -0.0530. The lowest BCUT2D eigenvalue weighted by Crippen LogP contribution is -2.58. The summed E-state index contributed by atoms with van der Waals surface area (Å²) in [5.41, 5.74) is 1.48. The van der Waals surface area contributed by atoms with Crippen LogP contribution in [0.25, 0.3) is 16.2 Å². The average molecular weight is 451 g/mol. The van der Waals surface area contributed by atoms with Gasteiger partial charge < -0.3 is 20.2 Å². The first kappa shape index (κ1) is 21.3. The van der Waals surface area contributed by atoms with Gasteiger partial charge in [0.2, 0.25) is 5.43 Å². The van der Waals surface area contributed by atoms with Crippen molar-refractivity contribution in [3.63, 3.8) is 0 Å². The Balaban J connectivity index is 1.64. The number of carboxylic acid groups (broad SMARTS) is 1. The van der Waals surface area contributed by atoms with Gasteiger partial charge in [-0.25, -0.2) is 19.2 Å². The van der Waals surface area contributed by atoms with Crippen LogP contribution >= 0.6 is 11.3 Å². The van der Waals surface area contributed by atoms with Gasteiger partial charge in [0.05, 0.1) is 24.6 Å². The van der Waals surface area contributed by atoms with Crippen molar-refractivity contribution >= 4 is 34.2 Å². The second-order valence-corrected chi connectivity index (χ2v) is 7.77. The molecule has 1 aliphatic heterocycles. The molecule has 0 spiro atoms. The molecular formula is C18H18FN5O6S. The Bertz CT molecular complexity index is 1160. The second kappa shape index (κ2) is 8.64. The summed E-state index contributed by atoms with van der Waals surface area (Å²) in [6, 6.07) is 0.837. The largest absolute Gasteiger partial charge is 0.477 e. The maximum atomic E-state index is 14.8. The third-order valence-electron chi connectivity index (χ3n) is 4.69. The number of carboxylic acids is 1. The molecule has 4 rings (SSSR count). The Morgan fingerprint density at radius 2 is 2.23 bits per heavy atom. The number of carbonyl (C=O) groups is 1. The molecule has 31 heavy (non-hydrogen) atoms. The van der Waals surface area contributed by atoms with Crippen molar-refractivity contribution in [2.24, 2.45) is 0 Å². The number of hydrogen-bond acceptors (Lipinski definition) is 10. The molecule has 3 aromatic rings. The number of aromatic carboxylic acids is 1. The highest BCUT2D eigenvalue weighted by atomic mass is 32.1. The second-order valence-electron chi connectivity index (χ2n) is 6.89. The zero-order valence-electron chi connectivity index (χ0n) is 15.9. The van der Waals surface area contributed by atoms with Crippen LogP contribution in [0.1, 0.15) is 10.4 Å². The summed E-state index contributed by atoms with van der Waals surface area (Å²) in [5, 5.41) is 29.3. The molecular weight excluding hydrogens is 433 g/mol. The van der Waals surface area contributed by atoms with E-state index in [0.717, 1.165) is 12.3 Å². The minimum absolute atomic E-state index is 0.00808. The van der Waals surface area contributed by atoms with Gasteiger partial charge in [0.1, 0.15) is 11.7 Å². The summed E-state index contributed by atoms with van der Waals surface area (Å²) in [4.78, 5) is 39.2. The van der Waals surface area contributed by atoms with Crippen LogP contribution in [0, 0.1) is 5.82 Å². The van der Waals surface area contributed by atoms with E-state index in [4.69, 9.17) is 9.94 Å². The Morgan fingerprint density at radius 1 is 1.45 bits per heavy atom. The van der Waals surface area contributed by atoms with Crippen LogP contribution in [0.2, 0.25) is 0 Å². The number of nitrogens with one attached hydrogen (secondary N) is 1. The van der Waals surface area contributed by atoms with Crippen LogP contribution in [0.15, 0.2) is 28.6 Å². The van der Waals surface area contributed by atoms with Crippen molar-refractivity contribution < 1.29 is 29.3 Å². The van der Waals surface area contributed by atoms with Gasteiger partial charge in [0.15, 0.2) is 22.4 Å². The van der Waals surface area contributed by atoms with E-state index in [1.54, 1.807) is 10.3 Å². The van der Waals surface area contributed by atoms with Gasteiger partial charge in [0.25, 0.3) is 0 Å². The van der Waals surface area contributed by atoms with Gasteiger partial charge in [-0.15, -0.1) is 11.3 Å². The predicted molar refractivity (Wildman–Crippen MR) is 108 cm³/mol. The number of aliphatic hydroxyl groups is 2. The van der Waals surface area contributed by atoms with Gasteiger partial charge in [-0.2, -0.15) is 5.48 Å². The number of thiazole rings is 1. The van der Waals surface area contributed by atoms with Crippen molar-refractivity contribution in [3.05, 3.63) is 45.4 Å². The van der Waals surface area contributed by atoms with Crippen molar-refractivity contribution in [2.75, 3.05) is 31.2 Å². The molecule has 0 aromatic carbocycles. The third kappa shape index (κ3) is 4.13. The first-order valence-electron chi connectivity index (χ1n) is 9.19. The van der Waals surface area contributed by atoms with Crippen LogP contribution < -0.4 is 15.8 Å². The molecule has 1 atom stereocenters. The van der Waals surface area contributed by atoms with E-state index in [0.29, 0.717) is 18.2 Å². The Kier molecular flexibility index (Phi) is 5.93. The number of hydroxylamine groups is 1. The minimum atomic E-state index is -1.43. The lowest BCUT2D eigenvalue weighted by Gasteiger charge is -2.40. The molecule has 3 aromatic heterocycles. The average Bonchev–Trinajstić information content (AvgIpc) is 3.24. The number of fused-ring (bicyclic) bond motifs is 1. The van der Waals surface area contributed by atoms with Gasteiger partial charge in [-0.1, -0.05) is 0 Å². The van der Waals surface area contributed by atoms with Crippen molar-refractivity contribution in [1.29, 1.82) is 0 Å². The van der Waals surface area contributed by atoms with E-state index in [1.807, 2.05) is 0 Å². The van der Waals surface area contributed by atoms with Gasteiger partial charge in [0, 0.05) is 30.9 Å². The van der Waals surface area contributed by atoms with Crippen LogP contribution in [-0.2, 0) is 4.84 Å². The van der Waals surface area contributed by atoms with E-state index in [1.165, 1.54) is 22.1 Å². The smallest absolute Gasteiger partial charge is 0.341 e. The fourth-order valence-corrected chi connectivity index (χ4v) is 3.73. The number of aliphatic hydroxyl groups excluding tert-OH is 2. The van der Waals surface area contributed by atoms with Crippen molar-refractivity contribution in [3.8, 4) is 5.13 Å². The zero-order valence-corrected chi connectivity index (χ0v) is 16.8. The van der Waals surface area contributed by atoms with Gasteiger partial charge >= 0.3 is 5.97 Å². The fourth-order valence-electron chi connectivity index (χ4n) is 3.11. The summed E-state index contributed by atoms with van der Waals surface area (Å²) in [7, 11) is 0. The first-order chi connectivity index (χ1) is 14.9. The minimum Gasteiger partial charge on any atom is -0.477 e. The van der Waals surface area contributed by atoms with Crippen molar-refractivity contribution in [2.45, 2.75) is 12.1 Å². The summed E-state index contributed by atoms with van der Waals surface area (Å²) in [6.07, 6.45) is 1.66. The zero-order chi connectivity index (χ0) is 22.1. The predicted octanol–water partition coefficient (Wildman–Crippen LogP) is -0.258. The van der Waals surface area contributed by atoms with Gasteiger partial charge in [-0.3, -0.25) is 14.2 Å². The summed E-state index contributed by atoms with van der Waals surface area (Å²) < 4.78 is 16.1. The number of nitrogens with zero attached hydrogens (tertiary/aromatic N) is 4. The quantitative estimate of drug-likeness (QED) is 0.337. The Morgan fingerprint density at radius 3 is 2.87 bits per heavy atom. The lowest BCUT2D eigenvalue weighted by atomic mass is 10.1. The molecule has 0 radical (unpaired) electrons. The third-order valence-corrected chi connectivity index (χ3v) is 5.46. The monoisotopic (exact) mass is 451 g/mol. The highest BCUT2D eigenvalue weighted by Gasteiger charge is 2.31. The number of aromatic nitrogens is 3. The van der Waals surface area contributed by atoms with E-state index in [2.05, 4.69) is 15.4 Å². The molecule has 4 N–H and O–H groups in total. The molecule has 0 amide bonds. The molecule has 0 bridgehead atoms. The summed E-state index contributed by atoms with van der Waals surface area (Å²) >= 11 is 1.21. The van der Waals surface area contributed by atoms with Crippen LogP contribution in [0.3, 0.4) is 0 Å². The number of anilines is 1. The number of halogens is 1. The molecule has 11 nitrogen and oxygen atoms in total. The molecule has 4 heterocycles. The van der Waals surface area contributed by atoms with Crippen LogP contribution in [-0.4, -0.2) is 74.3 Å². The van der Waals surface area contributed by atoms with Crippen molar-refractivity contribution in [1.82, 2.24) is 20.0 Å². The highest BCUT2D eigenvalue weighted by Crippen LogP contribution is 2.27. The molecule has 1 fully saturated rings. The normalized spacial score (nSPS) is 15.3. The Labute approximate surface area is 177 Å². The Hall–Kier alpha value is -2.97. The summed E-state index contributed by atoms with van der Waals surface area (Å²) in [5.74, 6) is -2.17. The summed E-state index contributed by atoms with van der Waals surface area (Å²) in [6.45, 7) is 0.176. The van der Waals surface area contributed by atoms with Gasteiger partial charge in [-0.05, 0) is 6.07 Å². The van der Waals surface area contributed by atoms with E-state index in [-0.39, 0.29) is 29.5 Å². The number of rotatable bonds is 8. The highest BCUT2D eigenvalue weighted by molar-refractivity contribution is 7.12. The first-order valence-corrected chi connectivity index (χ1v) is 10.1. The molecule has 0 aliphatic carbocycles. The van der Waals surface area contributed by atoms with Crippen LogP contribution in [0.4, 0.5) is 10.2 Å². The molecule has 164 valence electrons. The fraction of sp³-hybridized carbons (Fsp3) is 0.333. The van der Waals surface area contributed by atoms with E-state index >= 15 is 0 Å². The van der Waals surface area contributed by atoms with E-state index in [9.17, 15) is 24.2 Å². The number of hydrogen-bond donors (Lipinski definition) is 4.